The summed E-state index contributed by atoms with van der Waals surface area (Å²) in [6, 6.07) is 12.3. The number of benzene rings is 2. The van der Waals surface area contributed by atoms with Crippen LogP contribution in [0.1, 0.15) is 11.1 Å². The average molecular weight is 301 g/mol. The molecule has 0 saturated heterocycles. The third kappa shape index (κ3) is 4.60. The monoisotopic (exact) mass is 301 g/mol. The number of methoxy groups -OCH3 is 1. The lowest BCUT2D eigenvalue weighted by Gasteiger charge is -2.11. The Balaban J connectivity index is 1.92. The van der Waals surface area contributed by atoms with Crippen molar-refractivity contribution in [2.24, 2.45) is 0 Å². The highest BCUT2D eigenvalue weighted by molar-refractivity contribution is 5.43. The van der Waals surface area contributed by atoms with Gasteiger partial charge in [0.15, 0.2) is 11.5 Å². The second-order valence-corrected chi connectivity index (χ2v) is 4.81. The van der Waals surface area contributed by atoms with Gasteiger partial charge in [0.25, 0.3) is 0 Å². The van der Waals surface area contributed by atoms with E-state index in [9.17, 15) is 4.39 Å². The Bertz CT molecular complexity index is 611. The molecule has 0 bridgehead atoms. The Labute approximate surface area is 130 Å². The van der Waals surface area contributed by atoms with E-state index < -0.39 is 0 Å². The number of nitrogens with one attached hydrogen (secondary N) is 1. The fraction of sp³-hybridized carbons (Fsp3) is 0.222. The van der Waals surface area contributed by atoms with E-state index in [1.807, 2.05) is 18.2 Å². The maximum atomic E-state index is 12.8. The normalized spacial score (nSPS) is 10.3. The second-order valence-electron chi connectivity index (χ2n) is 4.81. The minimum Gasteiger partial charge on any atom is -0.493 e. The van der Waals surface area contributed by atoms with E-state index in [0.29, 0.717) is 31.2 Å². The molecule has 0 fully saturated rings. The molecule has 2 aromatic rings. The minimum atomic E-state index is -0.219. The van der Waals surface area contributed by atoms with Gasteiger partial charge in [-0.05, 0) is 35.4 Å². The van der Waals surface area contributed by atoms with Gasteiger partial charge in [-0.25, -0.2) is 4.39 Å². The summed E-state index contributed by atoms with van der Waals surface area (Å²) in [6.45, 7) is 5.44. The molecular formula is C18H20FNO2. The Kier molecular flexibility index (Phi) is 5.98. The Morgan fingerprint density at radius 1 is 1.05 bits per heavy atom. The van der Waals surface area contributed by atoms with Crippen LogP contribution in [-0.2, 0) is 13.1 Å². The van der Waals surface area contributed by atoms with E-state index in [1.165, 1.54) is 12.1 Å². The van der Waals surface area contributed by atoms with E-state index in [0.717, 1.165) is 11.1 Å². The van der Waals surface area contributed by atoms with E-state index in [1.54, 1.807) is 25.3 Å². The van der Waals surface area contributed by atoms with Gasteiger partial charge in [-0.1, -0.05) is 30.9 Å². The van der Waals surface area contributed by atoms with Gasteiger partial charge in [0.2, 0.25) is 0 Å². The first kappa shape index (κ1) is 16.0. The highest BCUT2D eigenvalue weighted by Gasteiger charge is 2.05. The van der Waals surface area contributed by atoms with Crippen LogP contribution in [0.5, 0.6) is 11.5 Å². The molecule has 0 spiro atoms. The van der Waals surface area contributed by atoms with E-state index in [2.05, 4.69) is 11.9 Å². The fourth-order valence-electron chi connectivity index (χ4n) is 2.04. The van der Waals surface area contributed by atoms with Gasteiger partial charge in [-0.2, -0.15) is 0 Å². The van der Waals surface area contributed by atoms with Crippen LogP contribution in [0.25, 0.3) is 0 Å². The average Bonchev–Trinajstić information content (AvgIpc) is 2.55. The predicted molar refractivity (Wildman–Crippen MR) is 85.6 cm³/mol. The molecule has 0 heterocycles. The molecular weight excluding hydrogens is 281 g/mol. The first-order valence-corrected chi connectivity index (χ1v) is 7.08. The number of hydrogen-bond donors (Lipinski definition) is 1. The zero-order valence-corrected chi connectivity index (χ0v) is 12.6. The van der Waals surface area contributed by atoms with Gasteiger partial charge in [0.1, 0.15) is 12.4 Å². The lowest BCUT2D eigenvalue weighted by atomic mass is 10.2. The molecule has 0 radical (unpaired) electrons. The number of hydrogen-bond acceptors (Lipinski definition) is 3. The van der Waals surface area contributed by atoms with Crippen molar-refractivity contribution in [2.45, 2.75) is 13.1 Å². The van der Waals surface area contributed by atoms with E-state index >= 15 is 0 Å². The summed E-state index contributed by atoms with van der Waals surface area (Å²) in [5.41, 5.74) is 2.13. The topological polar surface area (TPSA) is 30.5 Å². The van der Waals surface area contributed by atoms with Gasteiger partial charge in [0, 0.05) is 13.1 Å². The van der Waals surface area contributed by atoms with Crippen LogP contribution in [0.2, 0.25) is 0 Å². The molecule has 0 aliphatic carbocycles. The molecule has 22 heavy (non-hydrogen) atoms. The van der Waals surface area contributed by atoms with Crippen LogP contribution in [0.15, 0.2) is 55.1 Å². The molecule has 0 aliphatic rings. The molecule has 0 unspecified atom stereocenters. The van der Waals surface area contributed by atoms with Crippen molar-refractivity contribution in [3.63, 3.8) is 0 Å². The van der Waals surface area contributed by atoms with Crippen molar-refractivity contribution < 1.29 is 13.9 Å². The predicted octanol–water partition coefficient (Wildman–Crippen LogP) is 3.69. The summed E-state index contributed by atoms with van der Waals surface area (Å²) in [6.07, 6.45) is 1.69. The highest BCUT2D eigenvalue weighted by atomic mass is 19.1. The minimum absolute atomic E-state index is 0.219. The largest absolute Gasteiger partial charge is 0.493 e. The number of halogens is 1. The molecule has 0 atom stereocenters. The van der Waals surface area contributed by atoms with E-state index in [-0.39, 0.29) is 5.82 Å². The standard InChI is InChI=1S/C18H20FNO2/c1-3-10-22-17-9-6-15(11-18(17)21-2)13-20-12-14-4-7-16(19)8-5-14/h3-9,11,20H,1,10,12-13H2,2H3. The number of rotatable bonds is 8. The molecule has 0 amide bonds. The van der Waals surface area contributed by atoms with Crippen molar-refractivity contribution in [3.8, 4) is 11.5 Å². The van der Waals surface area contributed by atoms with Gasteiger partial charge in [-0.3, -0.25) is 0 Å². The Hall–Kier alpha value is -2.33. The molecule has 3 nitrogen and oxygen atoms in total. The summed E-state index contributed by atoms with van der Waals surface area (Å²) >= 11 is 0. The van der Waals surface area contributed by atoms with Crippen molar-refractivity contribution >= 4 is 0 Å². The lowest BCUT2D eigenvalue weighted by molar-refractivity contribution is 0.326. The van der Waals surface area contributed by atoms with Crippen molar-refractivity contribution in [1.29, 1.82) is 0 Å². The molecule has 1 N–H and O–H groups in total. The van der Waals surface area contributed by atoms with Crippen molar-refractivity contribution in [2.75, 3.05) is 13.7 Å². The maximum Gasteiger partial charge on any atom is 0.161 e. The summed E-state index contributed by atoms with van der Waals surface area (Å²) in [7, 11) is 1.62. The van der Waals surface area contributed by atoms with E-state index in [4.69, 9.17) is 9.47 Å². The first-order chi connectivity index (χ1) is 10.7. The second kappa shape index (κ2) is 8.20. The van der Waals surface area contributed by atoms with Crippen LogP contribution >= 0.6 is 0 Å². The fourth-order valence-corrected chi connectivity index (χ4v) is 2.04. The van der Waals surface area contributed by atoms with Crippen LogP contribution in [0.4, 0.5) is 4.39 Å². The maximum absolute atomic E-state index is 12.8. The van der Waals surface area contributed by atoms with Gasteiger partial charge in [0.05, 0.1) is 7.11 Å². The molecule has 0 aromatic heterocycles. The van der Waals surface area contributed by atoms with Crippen LogP contribution in [-0.4, -0.2) is 13.7 Å². The van der Waals surface area contributed by atoms with Crippen LogP contribution in [0, 0.1) is 5.82 Å². The highest BCUT2D eigenvalue weighted by Crippen LogP contribution is 2.28. The van der Waals surface area contributed by atoms with Gasteiger partial charge < -0.3 is 14.8 Å². The molecule has 4 heteroatoms. The molecule has 2 rings (SSSR count). The molecule has 0 saturated carbocycles. The Morgan fingerprint density at radius 2 is 1.73 bits per heavy atom. The van der Waals surface area contributed by atoms with Crippen molar-refractivity contribution in [1.82, 2.24) is 5.32 Å². The van der Waals surface area contributed by atoms with Gasteiger partial charge >= 0.3 is 0 Å². The first-order valence-electron chi connectivity index (χ1n) is 7.08. The van der Waals surface area contributed by atoms with Crippen molar-refractivity contribution in [3.05, 3.63) is 72.1 Å². The third-order valence-electron chi connectivity index (χ3n) is 3.16. The quantitative estimate of drug-likeness (QED) is 0.754. The smallest absolute Gasteiger partial charge is 0.161 e. The van der Waals surface area contributed by atoms with Gasteiger partial charge in [-0.15, -0.1) is 0 Å². The SMILES string of the molecule is C=CCOc1ccc(CNCc2ccc(F)cc2)cc1OC. The molecule has 0 aliphatic heterocycles. The molecule has 2 aromatic carbocycles. The number of ether oxygens (including phenoxy) is 2. The zero-order chi connectivity index (χ0) is 15.8. The Morgan fingerprint density at radius 3 is 2.41 bits per heavy atom. The molecule has 116 valence electrons. The zero-order valence-electron chi connectivity index (χ0n) is 12.6. The third-order valence-corrected chi connectivity index (χ3v) is 3.16. The summed E-state index contributed by atoms with van der Waals surface area (Å²) in [5, 5.41) is 3.32. The lowest BCUT2D eigenvalue weighted by Crippen LogP contribution is -2.12. The van der Waals surface area contributed by atoms with Crippen LogP contribution in [0.3, 0.4) is 0 Å². The summed E-state index contributed by atoms with van der Waals surface area (Å²) in [5.74, 6) is 1.18. The van der Waals surface area contributed by atoms with Crippen LogP contribution < -0.4 is 14.8 Å². The summed E-state index contributed by atoms with van der Waals surface area (Å²) in [4.78, 5) is 0. The summed E-state index contributed by atoms with van der Waals surface area (Å²) < 4.78 is 23.7.